The molecule has 0 fully saturated rings. The standard InChI is InChI=1S/C11H13Br2NO2/c1-11(2,3)16-10(15)14-9-5-4-7(12)6-8(9)13/h4-6H,1-3H3,(H,14,15). The number of carbonyl (C=O) groups is 1. The van der Waals surface area contributed by atoms with Gasteiger partial charge in [0.2, 0.25) is 0 Å². The largest absolute Gasteiger partial charge is 0.444 e. The molecule has 88 valence electrons. The highest BCUT2D eigenvalue weighted by Crippen LogP contribution is 2.26. The number of rotatable bonds is 1. The molecule has 0 aliphatic rings. The Morgan fingerprint density at radius 3 is 2.44 bits per heavy atom. The van der Waals surface area contributed by atoms with E-state index in [1.165, 1.54) is 0 Å². The van der Waals surface area contributed by atoms with Crippen molar-refractivity contribution in [1.82, 2.24) is 0 Å². The van der Waals surface area contributed by atoms with E-state index in [-0.39, 0.29) is 0 Å². The lowest BCUT2D eigenvalue weighted by atomic mass is 10.2. The van der Waals surface area contributed by atoms with E-state index in [4.69, 9.17) is 4.74 Å². The summed E-state index contributed by atoms with van der Waals surface area (Å²) in [7, 11) is 0. The third kappa shape index (κ3) is 4.53. The summed E-state index contributed by atoms with van der Waals surface area (Å²) >= 11 is 6.69. The molecule has 1 rings (SSSR count). The molecule has 0 unspecified atom stereocenters. The fourth-order valence-electron chi connectivity index (χ4n) is 1.00. The van der Waals surface area contributed by atoms with Gasteiger partial charge in [-0.2, -0.15) is 0 Å². The van der Waals surface area contributed by atoms with Gasteiger partial charge in [0.05, 0.1) is 5.69 Å². The Morgan fingerprint density at radius 1 is 1.31 bits per heavy atom. The highest BCUT2D eigenvalue weighted by Gasteiger charge is 2.16. The lowest BCUT2D eigenvalue weighted by molar-refractivity contribution is 0.0636. The molecular formula is C11H13Br2NO2. The van der Waals surface area contributed by atoms with Crippen LogP contribution in [0, 0.1) is 0 Å². The Balaban J connectivity index is 2.70. The van der Waals surface area contributed by atoms with Crippen molar-refractivity contribution in [3.05, 3.63) is 27.1 Å². The molecule has 16 heavy (non-hydrogen) atoms. The van der Waals surface area contributed by atoms with Crippen molar-refractivity contribution >= 4 is 43.6 Å². The molecule has 1 aromatic carbocycles. The first kappa shape index (κ1) is 13.5. The van der Waals surface area contributed by atoms with Gasteiger partial charge in [-0.05, 0) is 54.9 Å². The van der Waals surface area contributed by atoms with Crippen molar-refractivity contribution in [1.29, 1.82) is 0 Å². The molecule has 0 radical (unpaired) electrons. The summed E-state index contributed by atoms with van der Waals surface area (Å²) in [5.41, 5.74) is 0.184. The summed E-state index contributed by atoms with van der Waals surface area (Å²) in [4.78, 5) is 11.5. The van der Waals surface area contributed by atoms with Crippen LogP contribution in [0.25, 0.3) is 0 Å². The number of ether oxygens (including phenoxy) is 1. The summed E-state index contributed by atoms with van der Waals surface area (Å²) in [5, 5.41) is 2.67. The molecule has 0 aliphatic carbocycles. The summed E-state index contributed by atoms with van der Waals surface area (Å²) in [6.45, 7) is 5.47. The van der Waals surface area contributed by atoms with E-state index in [0.717, 1.165) is 8.95 Å². The average Bonchev–Trinajstić information content (AvgIpc) is 2.06. The molecule has 3 nitrogen and oxygen atoms in total. The number of hydrogen-bond acceptors (Lipinski definition) is 2. The minimum absolute atomic E-state index is 0.462. The van der Waals surface area contributed by atoms with E-state index in [1.807, 2.05) is 32.9 Å². The van der Waals surface area contributed by atoms with Crippen LogP contribution in [0.15, 0.2) is 27.1 Å². The quantitative estimate of drug-likeness (QED) is 0.806. The van der Waals surface area contributed by atoms with Crippen molar-refractivity contribution in [2.24, 2.45) is 0 Å². The molecule has 0 heterocycles. The lowest BCUT2D eigenvalue weighted by Crippen LogP contribution is -2.27. The van der Waals surface area contributed by atoms with Gasteiger partial charge >= 0.3 is 6.09 Å². The Morgan fingerprint density at radius 2 is 1.94 bits per heavy atom. The Labute approximate surface area is 112 Å². The maximum absolute atomic E-state index is 11.5. The van der Waals surface area contributed by atoms with Gasteiger partial charge in [-0.1, -0.05) is 15.9 Å². The normalized spacial score (nSPS) is 11.1. The third-order valence-electron chi connectivity index (χ3n) is 1.57. The van der Waals surface area contributed by atoms with Crippen LogP contribution in [0.4, 0.5) is 10.5 Å². The van der Waals surface area contributed by atoms with Crippen molar-refractivity contribution in [3.8, 4) is 0 Å². The summed E-state index contributed by atoms with van der Waals surface area (Å²) in [6, 6.07) is 5.49. The number of halogens is 2. The number of benzene rings is 1. The number of hydrogen-bond donors (Lipinski definition) is 1. The zero-order chi connectivity index (χ0) is 12.3. The molecule has 0 atom stereocenters. The van der Waals surface area contributed by atoms with Crippen molar-refractivity contribution in [3.63, 3.8) is 0 Å². The maximum Gasteiger partial charge on any atom is 0.412 e. The van der Waals surface area contributed by atoms with Crippen LogP contribution >= 0.6 is 31.9 Å². The predicted molar refractivity (Wildman–Crippen MR) is 71.7 cm³/mol. The van der Waals surface area contributed by atoms with E-state index < -0.39 is 11.7 Å². The van der Waals surface area contributed by atoms with E-state index in [2.05, 4.69) is 37.2 Å². The van der Waals surface area contributed by atoms with Crippen LogP contribution in [-0.4, -0.2) is 11.7 Å². The summed E-state index contributed by atoms with van der Waals surface area (Å²) in [6.07, 6.45) is -0.462. The molecule has 0 bridgehead atoms. The van der Waals surface area contributed by atoms with Crippen LogP contribution in [0.3, 0.4) is 0 Å². The van der Waals surface area contributed by atoms with Crippen LogP contribution < -0.4 is 5.32 Å². The molecule has 1 amide bonds. The van der Waals surface area contributed by atoms with Gasteiger partial charge < -0.3 is 4.74 Å². The van der Waals surface area contributed by atoms with Gasteiger partial charge in [-0.25, -0.2) is 4.79 Å². The van der Waals surface area contributed by atoms with Gasteiger partial charge in [-0.15, -0.1) is 0 Å². The first-order valence-electron chi connectivity index (χ1n) is 4.73. The number of amides is 1. The van der Waals surface area contributed by atoms with Gasteiger partial charge in [0.25, 0.3) is 0 Å². The third-order valence-corrected chi connectivity index (χ3v) is 2.72. The minimum Gasteiger partial charge on any atom is -0.444 e. The zero-order valence-corrected chi connectivity index (χ0v) is 12.5. The van der Waals surface area contributed by atoms with Gasteiger partial charge in [0, 0.05) is 8.95 Å². The summed E-state index contributed by atoms with van der Waals surface area (Å²) < 4.78 is 6.88. The average molecular weight is 351 g/mol. The minimum atomic E-state index is -0.494. The maximum atomic E-state index is 11.5. The lowest BCUT2D eigenvalue weighted by Gasteiger charge is -2.20. The van der Waals surface area contributed by atoms with Gasteiger partial charge in [0.1, 0.15) is 5.60 Å². The number of nitrogens with one attached hydrogen (secondary N) is 1. The molecular weight excluding hydrogens is 338 g/mol. The fraction of sp³-hybridized carbons (Fsp3) is 0.364. The van der Waals surface area contributed by atoms with Crippen LogP contribution in [-0.2, 0) is 4.74 Å². The Kier molecular flexibility index (Phi) is 4.38. The zero-order valence-electron chi connectivity index (χ0n) is 9.30. The SMILES string of the molecule is CC(C)(C)OC(=O)Nc1ccc(Br)cc1Br. The second-order valence-corrected chi connectivity index (χ2v) is 6.02. The smallest absolute Gasteiger partial charge is 0.412 e. The fourth-order valence-corrected chi connectivity index (χ4v) is 2.15. The van der Waals surface area contributed by atoms with E-state index in [1.54, 1.807) is 6.07 Å². The molecule has 0 aliphatic heterocycles. The van der Waals surface area contributed by atoms with Crippen molar-refractivity contribution in [2.45, 2.75) is 26.4 Å². The van der Waals surface area contributed by atoms with E-state index in [0.29, 0.717) is 5.69 Å². The Hall–Kier alpha value is -0.550. The molecule has 0 spiro atoms. The first-order valence-corrected chi connectivity index (χ1v) is 6.31. The monoisotopic (exact) mass is 349 g/mol. The second-order valence-electron chi connectivity index (χ2n) is 4.25. The van der Waals surface area contributed by atoms with Crippen molar-refractivity contribution < 1.29 is 9.53 Å². The van der Waals surface area contributed by atoms with Crippen molar-refractivity contribution in [2.75, 3.05) is 5.32 Å². The van der Waals surface area contributed by atoms with E-state index >= 15 is 0 Å². The number of carbonyl (C=O) groups excluding carboxylic acids is 1. The molecule has 0 saturated heterocycles. The highest BCUT2D eigenvalue weighted by atomic mass is 79.9. The van der Waals surface area contributed by atoms with E-state index in [9.17, 15) is 4.79 Å². The van der Waals surface area contributed by atoms with Crippen LogP contribution in [0.2, 0.25) is 0 Å². The predicted octanol–water partition coefficient (Wildman–Crippen LogP) is 4.56. The van der Waals surface area contributed by atoms with Crippen LogP contribution in [0.5, 0.6) is 0 Å². The second kappa shape index (κ2) is 5.19. The molecule has 0 saturated carbocycles. The first-order chi connectivity index (χ1) is 7.28. The highest BCUT2D eigenvalue weighted by molar-refractivity contribution is 9.11. The topological polar surface area (TPSA) is 38.3 Å². The number of anilines is 1. The van der Waals surface area contributed by atoms with Gasteiger partial charge in [0.15, 0.2) is 0 Å². The van der Waals surface area contributed by atoms with Gasteiger partial charge in [-0.3, -0.25) is 5.32 Å². The molecule has 1 N–H and O–H groups in total. The molecule has 5 heteroatoms. The summed E-state index contributed by atoms with van der Waals surface area (Å²) in [5.74, 6) is 0. The van der Waals surface area contributed by atoms with Crippen LogP contribution in [0.1, 0.15) is 20.8 Å². The molecule has 0 aromatic heterocycles. The Bertz CT molecular complexity index is 399. The molecule has 1 aromatic rings.